The molecule has 0 spiro atoms. The molecule has 0 saturated carbocycles. The largest absolute Gasteiger partial charge is 0.253 e. The number of rotatable bonds is 1. The van der Waals surface area contributed by atoms with Crippen molar-refractivity contribution in [2.45, 2.75) is 0 Å². The Morgan fingerprint density at radius 2 is 2.13 bits per heavy atom. The summed E-state index contributed by atoms with van der Waals surface area (Å²) in [5, 5.41) is 1.06. The van der Waals surface area contributed by atoms with Crippen LogP contribution >= 0.6 is 39.1 Å². The minimum absolute atomic E-state index is 0.528. The first-order valence-electron chi connectivity index (χ1n) is 4.16. The van der Waals surface area contributed by atoms with Gasteiger partial charge < -0.3 is 0 Å². The second-order valence-corrected chi connectivity index (χ2v) is 4.52. The van der Waals surface area contributed by atoms with E-state index < -0.39 is 0 Å². The molecule has 1 aromatic heterocycles. The Balaban J connectivity index is 2.60. The molecule has 0 unspecified atom stereocenters. The highest BCUT2D eigenvalue weighted by Gasteiger charge is 2.08. The van der Waals surface area contributed by atoms with Gasteiger partial charge in [0, 0.05) is 16.2 Å². The number of benzene rings is 1. The molecule has 15 heavy (non-hydrogen) atoms. The van der Waals surface area contributed by atoms with E-state index in [0.29, 0.717) is 15.7 Å². The highest BCUT2D eigenvalue weighted by atomic mass is 79.9. The molecule has 2 rings (SSSR count). The van der Waals surface area contributed by atoms with Crippen molar-refractivity contribution in [3.8, 4) is 11.3 Å². The smallest absolute Gasteiger partial charge is 0.0900 e. The van der Waals surface area contributed by atoms with Crippen LogP contribution in [0.15, 0.2) is 34.9 Å². The van der Waals surface area contributed by atoms with Gasteiger partial charge in [-0.25, -0.2) is 0 Å². The zero-order valence-electron chi connectivity index (χ0n) is 7.47. The third kappa shape index (κ3) is 2.33. The quantitative estimate of drug-likeness (QED) is 0.749. The predicted octanol–water partition coefficient (Wildman–Crippen LogP) is 4.62. The normalized spacial score (nSPS) is 10.3. The van der Waals surface area contributed by atoms with Crippen molar-refractivity contribution in [3.63, 3.8) is 0 Å². The first-order chi connectivity index (χ1) is 7.18. The molecule has 0 fully saturated rings. The van der Waals surface area contributed by atoms with Crippen molar-refractivity contribution in [1.29, 1.82) is 0 Å². The fraction of sp³-hybridized carbons (Fsp3) is 0. The standard InChI is InChI=1S/C11H5BrCl2N/c12-9-4-2-1-3-8(9)11-10(14)5-7(13)6-15-11/h1-3,5-6H. The summed E-state index contributed by atoms with van der Waals surface area (Å²) >= 11 is 15.2. The van der Waals surface area contributed by atoms with E-state index in [0.717, 1.165) is 10.0 Å². The van der Waals surface area contributed by atoms with Crippen molar-refractivity contribution in [1.82, 2.24) is 4.98 Å². The van der Waals surface area contributed by atoms with E-state index in [1.54, 1.807) is 12.3 Å². The van der Waals surface area contributed by atoms with Gasteiger partial charge in [-0.05, 0) is 28.1 Å². The molecule has 1 aromatic carbocycles. The summed E-state index contributed by atoms with van der Waals surface area (Å²) < 4.78 is 0.835. The molecular formula is C11H5BrCl2N. The van der Waals surface area contributed by atoms with Crippen LogP contribution in [0.25, 0.3) is 11.3 Å². The molecule has 0 N–H and O–H groups in total. The number of aromatic nitrogens is 1. The van der Waals surface area contributed by atoms with E-state index >= 15 is 0 Å². The minimum atomic E-state index is 0.528. The van der Waals surface area contributed by atoms with Crippen LogP contribution in [-0.2, 0) is 0 Å². The topological polar surface area (TPSA) is 12.9 Å². The molecule has 0 atom stereocenters. The summed E-state index contributed by atoms with van der Waals surface area (Å²) in [4.78, 5) is 4.20. The molecule has 0 aliphatic carbocycles. The van der Waals surface area contributed by atoms with Crippen LogP contribution in [0, 0.1) is 6.07 Å². The van der Waals surface area contributed by atoms with Crippen LogP contribution in [0.2, 0.25) is 10.0 Å². The van der Waals surface area contributed by atoms with Gasteiger partial charge in [0.25, 0.3) is 0 Å². The van der Waals surface area contributed by atoms with E-state index in [2.05, 4.69) is 27.0 Å². The zero-order valence-corrected chi connectivity index (χ0v) is 10.6. The van der Waals surface area contributed by atoms with Crippen LogP contribution in [0.1, 0.15) is 0 Å². The highest BCUT2D eigenvalue weighted by molar-refractivity contribution is 9.10. The number of hydrogen-bond donors (Lipinski definition) is 0. The Bertz CT molecular complexity index is 500. The van der Waals surface area contributed by atoms with Crippen molar-refractivity contribution in [2.24, 2.45) is 0 Å². The molecular weight excluding hydrogens is 297 g/mol. The minimum Gasteiger partial charge on any atom is -0.253 e. The van der Waals surface area contributed by atoms with Crippen LogP contribution in [-0.4, -0.2) is 4.98 Å². The number of halogens is 3. The van der Waals surface area contributed by atoms with Gasteiger partial charge >= 0.3 is 0 Å². The lowest BCUT2D eigenvalue weighted by molar-refractivity contribution is 1.32. The first-order valence-corrected chi connectivity index (χ1v) is 5.71. The van der Waals surface area contributed by atoms with Crippen molar-refractivity contribution in [3.05, 3.63) is 51.0 Å². The first kappa shape index (κ1) is 10.9. The van der Waals surface area contributed by atoms with E-state index in [9.17, 15) is 0 Å². The maximum absolute atomic E-state index is 6.05. The molecule has 0 aliphatic rings. The molecule has 1 radical (unpaired) electrons. The van der Waals surface area contributed by atoms with Crippen molar-refractivity contribution >= 4 is 39.1 Å². The Morgan fingerprint density at radius 3 is 2.80 bits per heavy atom. The Labute approximate surface area is 106 Å². The summed E-state index contributed by atoms with van der Waals surface area (Å²) in [6.07, 6.45) is 1.57. The molecule has 1 nitrogen and oxygen atoms in total. The van der Waals surface area contributed by atoms with E-state index in [1.165, 1.54) is 0 Å². The molecule has 1 heterocycles. The Morgan fingerprint density at radius 1 is 1.33 bits per heavy atom. The fourth-order valence-electron chi connectivity index (χ4n) is 1.21. The van der Waals surface area contributed by atoms with Crippen molar-refractivity contribution < 1.29 is 0 Å². The SMILES string of the molecule is Clc1cnc(-c2ccc[c]c2Br)c(Cl)c1. The second-order valence-electron chi connectivity index (χ2n) is 2.88. The van der Waals surface area contributed by atoms with E-state index in [1.807, 2.05) is 18.2 Å². The van der Waals surface area contributed by atoms with Gasteiger partial charge in [-0.15, -0.1) is 0 Å². The lowest BCUT2D eigenvalue weighted by Crippen LogP contribution is -1.86. The molecule has 0 bridgehead atoms. The maximum atomic E-state index is 6.05. The molecule has 4 heteroatoms. The van der Waals surface area contributed by atoms with Gasteiger partial charge in [-0.3, -0.25) is 4.98 Å². The van der Waals surface area contributed by atoms with Crippen LogP contribution in [0.3, 0.4) is 0 Å². The summed E-state index contributed by atoms with van der Waals surface area (Å²) in [5.74, 6) is 0. The molecule has 75 valence electrons. The van der Waals surface area contributed by atoms with Crippen LogP contribution < -0.4 is 0 Å². The third-order valence-electron chi connectivity index (χ3n) is 1.87. The average Bonchev–Trinajstić information content (AvgIpc) is 2.20. The van der Waals surface area contributed by atoms with Crippen molar-refractivity contribution in [2.75, 3.05) is 0 Å². The van der Waals surface area contributed by atoms with Gasteiger partial charge in [0.1, 0.15) is 0 Å². The lowest BCUT2D eigenvalue weighted by Gasteiger charge is -2.05. The summed E-state index contributed by atoms with van der Waals surface area (Å²) in [6.45, 7) is 0. The van der Waals surface area contributed by atoms with Gasteiger partial charge in [-0.2, -0.15) is 0 Å². The third-order valence-corrected chi connectivity index (χ3v) is 3.02. The number of pyridine rings is 1. The zero-order chi connectivity index (χ0) is 10.8. The summed E-state index contributed by atoms with van der Waals surface area (Å²) in [6, 6.07) is 10.3. The second kappa shape index (κ2) is 4.52. The number of nitrogens with zero attached hydrogens (tertiary/aromatic N) is 1. The molecule has 2 aromatic rings. The lowest BCUT2D eigenvalue weighted by atomic mass is 10.1. The van der Waals surface area contributed by atoms with Gasteiger partial charge in [0.15, 0.2) is 0 Å². The van der Waals surface area contributed by atoms with Gasteiger partial charge in [0.2, 0.25) is 0 Å². The van der Waals surface area contributed by atoms with Gasteiger partial charge in [0.05, 0.1) is 15.7 Å². The maximum Gasteiger partial charge on any atom is 0.0900 e. The molecule has 0 amide bonds. The average molecular weight is 302 g/mol. The monoisotopic (exact) mass is 300 g/mol. The summed E-state index contributed by atoms with van der Waals surface area (Å²) in [7, 11) is 0. The van der Waals surface area contributed by atoms with E-state index in [-0.39, 0.29) is 0 Å². The van der Waals surface area contributed by atoms with Crippen LogP contribution in [0.5, 0.6) is 0 Å². The summed E-state index contributed by atoms with van der Waals surface area (Å²) in [5.41, 5.74) is 1.60. The van der Waals surface area contributed by atoms with Gasteiger partial charge in [-0.1, -0.05) is 41.4 Å². The Hall–Kier alpha value is -0.570. The molecule has 0 aliphatic heterocycles. The number of hydrogen-bond acceptors (Lipinski definition) is 1. The predicted molar refractivity (Wildman–Crippen MR) is 66.2 cm³/mol. The molecule has 0 saturated heterocycles. The fourth-order valence-corrected chi connectivity index (χ4v) is 2.15. The van der Waals surface area contributed by atoms with E-state index in [4.69, 9.17) is 23.2 Å². The van der Waals surface area contributed by atoms with Crippen LogP contribution in [0.4, 0.5) is 0 Å². The highest BCUT2D eigenvalue weighted by Crippen LogP contribution is 2.32. The Kier molecular flexibility index (Phi) is 3.29.